The van der Waals surface area contributed by atoms with Gasteiger partial charge in [0.2, 0.25) is 5.95 Å². The number of aromatic nitrogens is 3. The van der Waals surface area contributed by atoms with Crippen LogP contribution in [0.15, 0.2) is 29.2 Å². The van der Waals surface area contributed by atoms with E-state index in [-0.39, 0.29) is 11.6 Å². The summed E-state index contributed by atoms with van der Waals surface area (Å²) in [5.74, 6) is 7.85. The third-order valence-electron chi connectivity index (χ3n) is 8.61. The van der Waals surface area contributed by atoms with Gasteiger partial charge in [0.25, 0.3) is 11.4 Å². The van der Waals surface area contributed by atoms with E-state index in [0.29, 0.717) is 17.7 Å². The molecule has 196 valence electrons. The normalized spacial score (nSPS) is 20.6. The summed E-state index contributed by atoms with van der Waals surface area (Å²) in [5, 5.41) is 8.70. The van der Waals surface area contributed by atoms with Gasteiger partial charge >= 0.3 is 0 Å². The number of likely N-dealkylation sites (tertiary alicyclic amines) is 1. The van der Waals surface area contributed by atoms with Crippen LogP contribution >= 0.6 is 0 Å². The minimum atomic E-state index is 0.0817. The van der Waals surface area contributed by atoms with Gasteiger partial charge in [-0.1, -0.05) is 31.4 Å². The molecule has 3 heterocycles. The Balaban J connectivity index is 1.35. The number of anilines is 1. The molecule has 3 fully saturated rings. The molecule has 0 atom stereocenters. The van der Waals surface area contributed by atoms with Crippen molar-refractivity contribution in [2.24, 2.45) is 23.4 Å². The van der Waals surface area contributed by atoms with Crippen molar-refractivity contribution in [3.8, 4) is 0 Å². The Labute approximate surface area is 217 Å². The number of hydrazone groups is 1. The first-order valence-corrected chi connectivity index (χ1v) is 14.0. The van der Waals surface area contributed by atoms with Crippen LogP contribution in [0.1, 0.15) is 69.4 Å². The fourth-order valence-electron chi connectivity index (χ4n) is 6.17. The molecule has 2 saturated carbocycles. The van der Waals surface area contributed by atoms with Crippen molar-refractivity contribution in [2.75, 3.05) is 25.0 Å². The van der Waals surface area contributed by atoms with E-state index in [1.807, 2.05) is 10.8 Å². The van der Waals surface area contributed by atoms with E-state index in [4.69, 9.17) is 16.6 Å². The van der Waals surface area contributed by atoms with Crippen molar-refractivity contribution < 1.29 is 5.10 Å². The minimum absolute atomic E-state index is 0.0817. The highest BCUT2D eigenvalue weighted by molar-refractivity contribution is 6.04. The summed E-state index contributed by atoms with van der Waals surface area (Å²) in [6, 6.07) is 6.54. The van der Waals surface area contributed by atoms with Crippen molar-refractivity contribution in [3.05, 3.63) is 40.3 Å². The number of nitrogens with zero attached hydrogens (tertiary/aromatic N) is 4. The van der Waals surface area contributed by atoms with Crippen molar-refractivity contribution in [1.29, 1.82) is 0 Å². The van der Waals surface area contributed by atoms with Crippen LogP contribution < -0.4 is 27.6 Å². The van der Waals surface area contributed by atoms with Crippen LogP contribution in [-0.2, 0) is 6.54 Å². The molecule has 3 aromatic rings. The number of amidine groups is 1. The molecule has 0 bridgehead atoms. The van der Waals surface area contributed by atoms with E-state index in [0.717, 1.165) is 98.0 Å². The van der Waals surface area contributed by atoms with Gasteiger partial charge < -0.3 is 5.32 Å². The average Bonchev–Trinajstić information content (AvgIpc) is 3.77. The molecule has 1 aliphatic heterocycles. The number of hydrogen-bond donors (Lipinski definition) is 4. The fourth-order valence-corrected chi connectivity index (χ4v) is 6.17. The second kappa shape index (κ2) is 10.3. The topological polar surface area (TPSA) is 129 Å². The van der Waals surface area contributed by atoms with Crippen LogP contribution in [0.3, 0.4) is 0 Å². The predicted molar refractivity (Wildman–Crippen MR) is 147 cm³/mol. The summed E-state index contributed by atoms with van der Waals surface area (Å²) >= 11 is 0. The lowest BCUT2D eigenvalue weighted by Gasteiger charge is -2.30. The SMILES string of the molecule is N/[NH+]=C(\N)C1CCN(Cc2ccc3c(c2)c(=O)n(C2CCCCC2)c2nc(NCC4CC4)ncc32)CC1. The Bertz CT molecular complexity index is 1360. The molecule has 37 heavy (non-hydrogen) atoms. The first-order valence-electron chi connectivity index (χ1n) is 14.0. The maximum atomic E-state index is 14.1. The summed E-state index contributed by atoms with van der Waals surface area (Å²) in [6.45, 7) is 3.64. The first-order chi connectivity index (χ1) is 18.1. The lowest BCUT2D eigenvalue weighted by atomic mass is 9.94. The largest absolute Gasteiger partial charge is 0.354 e. The van der Waals surface area contributed by atoms with E-state index in [9.17, 15) is 4.79 Å². The molecule has 9 nitrogen and oxygen atoms in total. The van der Waals surface area contributed by atoms with E-state index < -0.39 is 0 Å². The van der Waals surface area contributed by atoms with E-state index in [1.54, 1.807) is 0 Å². The molecule has 0 radical (unpaired) electrons. The van der Waals surface area contributed by atoms with Crippen molar-refractivity contribution in [1.82, 2.24) is 19.4 Å². The molecule has 1 saturated heterocycles. The van der Waals surface area contributed by atoms with E-state index in [1.165, 1.54) is 19.3 Å². The summed E-state index contributed by atoms with van der Waals surface area (Å²) < 4.78 is 1.99. The standard InChI is InChI=1S/C28H38N8O/c29-25(34-30)20-10-12-35(13-11-20)17-19-8-9-22-23(14-19)27(37)36(21-4-2-1-3-5-21)26-24(22)16-32-28(33-26)31-15-18-6-7-18/h8-9,14,16,18,20-21H,1-7,10-13,15,17,30H2,(H2,29,34)(H,31,32,33)/p+1. The molecule has 9 heteroatoms. The van der Waals surface area contributed by atoms with Gasteiger partial charge in [0.15, 0.2) is 0 Å². The molecule has 2 aromatic heterocycles. The summed E-state index contributed by atoms with van der Waals surface area (Å²) in [5.41, 5.74) is 8.02. The number of piperidine rings is 1. The summed E-state index contributed by atoms with van der Waals surface area (Å²) in [7, 11) is 0. The van der Waals surface area contributed by atoms with Crippen LogP contribution in [0.2, 0.25) is 0 Å². The van der Waals surface area contributed by atoms with Gasteiger partial charge in [0.1, 0.15) is 5.65 Å². The number of rotatable bonds is 7. The van der Waals surface area contributed by atoms with Gasteiger partial charge in [0, 0.05) is 36.1 Å². The second-order valence-electron chi connectivity index (χ2n) is 11.3. The van der Waals surface area contributed by atoms with Gasteiger partial charge in [-0.25, -0.2) is 4.98 Å². The highest BCUT2D eigenvalue weighted by Crippen LogP contribution is 2.33. The van der Waals surface area contributed by atoms with Gasteiger partial charge in [-0.2, -0.15) is 10.1 Å². The maximum absolute atomic E-state index is 14.1. The lowest BCUT2D eigenvalue weighted by molar-refractivity contribution is -0.473. The quantitative estimate of drug-likeness (QED) is 0.127. The van der Waals surface area contributed by atoms with Crippen LogP contribution in [-0.4, -0.2) is 44.9 Å². The summed E-state index contributed by atoms with van der Waals surface area (Å²) in [4.78, 5) is 26.0. The number of pyridine rings is 1. The molecular weight excluding hydrogens is 464 g/mol. The smallest absolute Gasteiger partial charge is 0.266 e. The Hall–Kier alpha value is -3.20. The van der Waals surface area contributed by atoms with E-state index in [2.05, 4.69) is 38.5 Å². The third kappa shape index (κ3) is 5.01. The minimum Gasteiger partial charge on any atom is -0.354 e. The average molecular weight is 504 g/mol. The molecule has 3 aliphatic rings. The highest BCUT2D eigenvalue weighted by atomic mass is 16.1. The first kappa shape index (κ1) is 24.2. The molecule has 6 rings (SSSR count). The number of benzene rings is 1. The number of fused-ring (bicyclic) bond motifs is 3. The predicted octanol–water partition coefficient (Wildman–Crippen LogP) is 1.80. The zero-order valence-corrected chi connectivity index (χ0v) is 21.6. The fraction of sp³-hybridized carbons (Fsp3) is 0.571. The van der Waals surface area contributed by atoms with Crippen molar-refractivity contribution >= 4 is 33.6 Å². The Morgan fingerprint density at radius 2 is 1.81 bits per heavy atom. The number of nitrogens with one attached hydrogen (secondary N) is 2. The van der Waals surface area contributed by atoms with Gasteiger partial charge in [0.05, 0.1) is 5.92 Å². The zero-order chi connectivity index (χ0) is 25.4. The van der Waals surface area contributed by atoms with Crippen LogP contribution in [0, 0.1) is 11.8 Å². The van der Waals surface area contributed by atoms with Gasteiger partial charge in [-0.15, -0.1) is 0 Å². The van der Waals surface area contributed by atoms with Crippen molar-refractivity contribution in [2.45, 2.75) is 70.4 Å². The molecular formula is C28H39N8O+. The number of hydrogen-bond acceptors (Lipinski definition) is 6. The third-order valence-corrected chi connectivity index (χ3v) is 8.61. The van der Waals surface area contributed by atoms with Crippen LogP contribution in [0.25, 0.3) is 21.8 Å². The Morgan fingerprint density at radius 1 is 1.03 bits per heavy atom. The Morgan fingerprint density at radius 3 is 2.54 bits per heavy atom. The van der Waals surface area contributed by atoms with Gasteiger partial charge in [-0.3, -0.25) is 25.8 Å². The molecule has 0 amide bonds. The van der Waals surface area contributed by atoms with Gasteiger partial charge in [-0.05, 0) is 74.5 Å². The van der Waals surface area contributed by atoms with E-state index >= 15 is 0 Å². The zero-order valence-electron chi connectivity index (χ0n) is 21.6. The monoisotopic (exact) mass is 503 g/mol. The highest BCUT2D eigenvalue weighted by Gasteiger charge is 2.26. The molecule has 0 unspecified atom stereocenters. The van der Waals surface area contributed by atoms with Crippen molar-refractivity contribution in [3.63, 3.8) is 0 Å². The second-order valence-corrected chi connectivity index (χ2v) is 11.3. The number of nitrogens with two attached hydrogens (primary N) is 2. The molecule has 0 spiro atoms. The summed E-state index contributed by atoms with van der Waals surface area (Å²) in [6.07, 6.45) is 12.0. The Kier molecular flexibility index (Phi) is 6.71. The maximum Gasteiger partial charge on any atom is 0.266 e. The molecule has 2 aliphatic carbocycles. The molecule has 6 N–H and O–H groups in total. The number of hydrazine groups is 1. The van der Waals surface area contributed by atoms with Crippen LogP contribution in [0.5, 0.6) is 0 Å². The van der Waals surface area contributed by atoms with Crippen LogP contribution in [0.4, 0.5) is 5.95 Å². The molecule has 1 aromatic carbocycles. The lowest BCUT2D eigenvalue weighted by Crippen LogP contribution is -2.83.